The number of nitrogens with one attached hydrogen (secondary N) is 1. The standard InChI is InChI=1S/C23H31N3O/c1-19(2)24-14-13-22(27)25-15-17-26(18-16-25)23(20-9-5-3-6-10-20)21-11-7-4-8-12-21/h3-12,19,23-24H,13-18H2,1-2H3/p+2. The molecule has 3 rings (SSSR count). The molecule has 1 aliphatic rings. The zero-order valence-electron chi connectivity index (χ0n) is 16.6. The van der Waals surface area contributed by atoms with Crippen LogP contribution in [-0.4, -0.2) is 49.6 Å². The van der Waals surface area contributed by atoms with Gasteiger partial charge >= 0.3 is 0 Å². The number of benzene rings is 2. The largest absolute Gasteiger partial charge is 0.344 e. The van der Waals surface area contributed by atoms with Crippen molar-refractivity contribution in [2.45, 2.75) is 32.4 Å². The van der Waals surface area contributed by atoms with Gasteiger partial charge in [0.2, 0.25) is 5.91 Å². The van der Waals surface area contributed by atoms with Gasteiger partial charge in [-0.05, 0) is 13.8 Å². The van der Waals surface area contributed by atoms with Crippen molar-refractivity contribution in [2.75, 3.05) is 32.7 Å². The molecule has 2 aromatic rings. The lowest BCUT2D eigenvalue weighted by molar-refractivity contribution is -0.929. The second-order valence-corrected chi connectivity index (χ2v) is 7.81. The molecule has 1 amide bonds. The molecule has 2 aromatic carbocycles. The summed E-state index contributed by atoms with van der Waals surface area (Å²) in [5, 5.41) is 2.24. The molecular weight excluding hydrogens is 334 g/mol. The number of piperazine rings is 1. The van der Waals surface area contributed by atoms with E-state index in [-0.39, 0.29) is 0 Å². The first-order chi connectivity index (χ1) is 13.1. The predicted molar refractivity (Wildman–Crippen MR) is 109 cm³/mol. The second-order valence-electron chi connectivity index (χ2n) is 7.81. The summed E-state index contributed by atoms with van der Waals surface area (Å²) >= 11 is 0. The fourth-order valence-corrected chi connectivity index (χ4v) is 3.99. The molecule has 0 bridgehead atoms. The lowest BCUT2D eigenvalue weighted by Crippen LogP contribution is -3.15. The maximum Gasteiger partial charge on any atom is 0.228 e. The Labute approximate surface area is 163 Å². The van der Waals surface area contributed by atoms with Crippen LogP contribution in [0.25, 0.3) is 0 Å². The number of carbonyl (C=O) groups excluding carboxylic acids is 1. The maximum atomic E-state index is 12.5. The van der Waals surface area contributed by atoms with E-state index >= 15 is 0 Å². The van der Waals surface area contributed by atoms with Crippen molar-refractivity contribution in [2.24, 2.45) is 0 Å². The van der Waals surface area contributed by atoms with Crippen molar-refractivity contribution in [3.05, 3.63) is 71.8 Å². The van der Waals surface area contributed by atoms with E-state index in [9.17, 15) is 4.79 Å². The highest BCUT2D eigenvalue weighted by Gasteiger charge is 2.31. The SMILES string of the molecule is CC(C)[NH2+]CCC(=O)N1CC[NH+](C(c2ccccc2)c2ccccc2)CC1. The average molecular weight is 368 g/mol. The highest BCUT2D eigenvalue weighted by atomic mass is 16.2. The van der Waals surface area contributed by atoms with Crippen molar-refractivity contribution in [3.63, 3.8) is 0 Å². The first-order valence-electron chi connectivity index (χ1n) is 10.2. The van der Waals surface area contributed by atoms with E-state index < -0.39 is 0 Å². The van der Waals surface area contributed by atoms with E-state index in [1.54, 1.807) is 4.90 Å². The number of amides is 1. The molecule has 0 atom stereocenters. The van der Waals surface area contributed by atoms with Crippen molar-refractivity contribution in [3.8, 4) is 0 Å². The molecule has 0 aromatic heterocycles. The third kappa shape index (κ3) is 5.41. The number of nitrogens with zero attached hydrogens (tertiary/aromatic N) is 1. The van der Waals surface area contributed by atoms with Crippen LogP contribution in [0.2, 0.25) is 0 Å². The van der Waals surface area contributed by atoms with Crippen molar-refractivity contribution in [1.82, 2.24) is 4.90 Å². The lowest BCUT2D eigenvalue weighted by atomic mass is 9.96. The van der Waals surface area contributed by atoms with Crippen LogP contribution in [0.1, 0.15) is 37.4 Å². The van der Waals surface area contributed by atoms with Gasteiger partial charge in [-0.2, -0.15) is 0 Å². The quantitative estimate of drug-likeness (QED) is 0.749. The smallest absolute Gasteiger partial charge is 0.228 e. The van der Waals surface area contributed by atoms with Gasteiger partial charge in [0.15, 0.2) is 0 Å². The van der Waals surface area contributed by atoms with Crippen LogP contribution in [0.5, 0.6) is 0 Å². The summed E-state index contributed by atoms with van der Waals surface area (Å²) in [5.74, 6) is 0.307. The van der Waals surface area contributed by atoms with Gasteiger partial charge in [-0.25, -0.2) is 0 Å². The summed E-state index contributed by atoms with van der Waals surface area (Å²) in [6.07, 6.45) is 0.647. The molecule has 0 saturated carbocycles. The minimum Gasteiger partial charge on any atom is -0.344 e. The van der Waals surface area contributed by atoms with Gasteiger partial charge in [-0.1, -0.05) is 60.7 Å². The number of hydrogen-bond acceptors (Lipinski definition) is 1. The van der Waals surface area contributed by atoms with E-state index in [4.69, 9.17) is 0 Å². The zero-order valence-corrected chi connectivity index (χ0v) is 16.6. The minimum atomic E-state index is 0.307. The van der Waals surface area contributed by atoms with Crippen molar-refractivity contribution < 1.29 is 15.0 Å². The summed E-state index contributed by atoms with van der Waals surface area (Å²) in [6.45, 7) is 8.92. The van der Waals surface area contributed by atoms with Gasteiger partial charge in [0.1, 0.15) is 6.04 Å². The van der Waals surface area contributed by atoms with Crippen molar-refractivity contribution >= 4 is 5.91 Å². The Kier molecular flexibility index (Phi) is 7.02. The van der Waals surface area contributed by atoms with E-state index in [0.29, 0.717) is 24.4 Å². The van der Waals surface area contributed by atoms with Crippen LogP contribution in [-0.2, 0) is 4.79 Å². The Morgan fingerprint density at radius 1 is 0.963 bits per heavy atom. The van der Waals surface area contributed by atoms with Crippen LogP contribution in [0.3, 0.4) is 0 Å². The summed E-state index contributed by atoms with van der Waals surface area (Å²) in [7, 11) is 0. The molecule has 0 unspecified atom stereocenters. The molecule has 3 N–H and O–H groups in total. The third-order valence-electron chi connectivity index (χ3n) is 5.43. The molecule has 0 spiro atoms. The fraction of sp³-hybridized carbons (Fsp3) is 0.435. The Morgan fingerprint density at radius 2 is 1.48 bits per heavy atom. The van der Waals surface area contributed by atoms with Gasteiger partial charge in [-0.3, -0.25) is 4.79 Å². The van der Waals surface area contributed by atoms with E-state index in [1.165, 1.54) is 11.1 Å². The van der Waals surface area contributed by atoms with Crippen LogP contribution in [0.4, 0.5) is 0 Å². The monoisotopic (exact) mass is 367 g/mol. The van der Waals surface area contributed by atoms with Gasteiger partial charge in [0, 0.05) is 11.1 Å². The first kappa shape index (κ1) is 19.6. The van der Waals surface area contributed by atoms with Crippen LogP contribution < -0.4 is 10.2 Å². The minimum absolute atomic E-state index is 0.307. The van der Waals surface area contributed by atoms with Crippen molar-refractivity contribution in [1.29, 1.82) is 0 Å². The molecule has 144 valence electrons. The van der Waals surface area contributed by atoms with E-state index in [2.05, 4.69) is 84.7 Å². The van der Waals surface area contributed by atoms with Crippen LogP contribution in [0, 0.1) is 0 Å². The summed E-state index contributed by atoms with van der Waals surface area (Å²) in [4.78, 5) is 16.1. The number of hydrogen-bond donors (Lipinski definition) is 2. The highest BCUT2D eigenvalue weighted by molar-refractivity contribution is 5.76. The van der Waals surface area contributed by atoms with Crippen LogP contribution >= 0.6 is 0 Å². The average Bonchev–Trinajstić information content (AvgIpc) is 2.70. The molecule has 1 aliphatic heterocycles. The summed E-state index contributed by atoms with van der Waals surface area (Å²) in [5.41, 5.74) is 2.70. The molecular formula is C23H33N3O+2. The molecule has 0 aliphatic carbocycles. The fourth-order valence-electron chi connectivity index (χ4n) is 3.99. The Hall–Kier alpha value is -2.17. The molecule has 1 saturated heterocycles. The first-order valence-corrected chi connectivity index (χ1v) is 10.2. The number of carbonyl (C=O) groups is 1. The van der Waals surface area contributed by atoms with Gasteiger partial charge in [-0.15, -0.1) is 0 Å². The second kappa shape index (κ2) is 9.67. The normalized spacial score (nSPS) is 15.5. The Bertz CT molecular complexity index is 655. The highest BCUT2D eigenvalue weighted by Crippen LogP contribution is 2.19. The molecule has 4 heteroatoms. The molecule has 1 fully saturated rings. The molecule has 0 radical (unpaired) electrons. The predicted octanol–water partition coefficient (Wildman–Crippen LogP) is 0.865. The number of rotatable bonds is 7. The summed E-state index contributed by atoms with van der Waals surface area (Å²) in [6, 6.07) is 22.4. The van der Waals surface area contributed by atoms with Gasteiger partial charge in [0.05, 0.1) is 45.2 Å². The van der Waals surface area contributed by atoms with E-state index in [1.807, 2.05) is 0 Å². The maximum absolute atomic E-state index is 12.5. The number of nitrogens with two attached hydrogens (primary N) is 1. The Balaban J connectivity index is 1.64. The molecule has 27 heavy (non-hydrogen) atoms. The molecule has 4 nitrogen and oxygen atoms in total. The van der Waals surface area contributed by atoms with E-state index in [0.717, 1.165) is 32.7 Å². The zero-order chi connectivity index (χ0) is 19.1. The topological polar surface area (TPSA) is 41.4 Å². The number of quaternary nitrogens is 2. The summed E-state index contributed by atoms with van der Waals surface area (Å²) < 4.78 is 0. The van der Waals surface area contributed by atoms with Crippen LogP contribution in [0.15, 0.2) is 60.7 Å². The third-order valence-corrected chi connectivity index (χ3v) is 5.43. The Morgan fingerprint density at radius 3 is 1.96 bits per heavy atom. The lowest BCUT2D eigenvalue weighted by Gasteiger charge is -2.37. The molecule has 1 heterocycles. The van der Waals surface area contributed by atoms with Gasteiger partial charge in [0.25, 0.3) is 0 Å². The van der Waals surface area contributed by atoms with Gasteiger partial charge < -0.3 is 15.1 Å².